The van der Waals surface area contributed by atoms with Crippen LogP contribution in [0.25, 0.3) is 0 Å². The van der Waals surface area contributed by atoms with Crippen LogP contribution in [0.3, 0.4) is 0 Å². The van der Waals surface area contributed by atoms with Crippen molar-refractivity contribution in [1.29, 1.82) is 0 Å². The molecule has 0 aliphatic heterocycles. The second-order valence-corrected chi connectivity index (χ2v) is 4.49. The van der Waals surface area contributed by atoms with E-state index < -0.39 is 5.97 Å². The summed E-state index contributed by atoms with van der Waals surface area (Å²) >= 11 is 0. The molecule has 0 fully saturated rings. The van der Waals surface area contributed by atoms with Crippen LogP contribution in [-0.2, 0) is 16.0 Å². The number of hydrogen-bond acceptors (Lipinski definition) is 5. The van der Waals surface area contributed by atoms with Crippen LogP contribution in [0.1, 0.15) is 18.4 Å². The first-order valence-corrected chi connectivity index (χ1v) is 6.27. The van der Waals surface area contributed by atoms with Crippen LogP contribution in [0.15, 0.2) is 28.7 Å². The second-order valence-electron chi connectivity index (χ2n) is 4.49. The predicted molar refractivity (Wildman–Crippen MR) is 76.6 cm³/mol. The van der Waals surface area contributed by atoms with Crippen molar-refractivity contribution in [2.75, 3.05) is 10.6 Å². The third-order valence-electron chi connectivity index (χ3n) is 2.64. The van der Waals surface area contributed by atoms with Crippen LogP contribution in [0.5, 0.6) is 0 Å². The maximum atomic E-state index is 11.0. The van der Waals surface area contributed by atoms with Crippen molar-refractivity contribution in [1.82, 2.24) is 4.98 Å². The molecule has 0 aliphatic carbocycles. The summed E-state index contributed by atoms with van der Waals surface area (Å²) in [7, 11) is 0. The zero-order valence-electron chi connectivity index (χ0n) is 11.6. The quantitative estimate of drug-likeness (QED) is 0.780. The Bertz CT molecular complexity index is 679. The van der Waals surface area contributed by atoms with Gasteiger partial charge in [-0.05, 0) is 25.1 Å². The molecule has 0 bridgehead atoms. The van der Waals surface area contributed by atoms with Gasteiger partial charge in [-0.3, -0.25) is 9.59 Å². The van der Waals surface area contributed by atoms with E-state index >= 15 is 0 Å². The van der Waals surface area contributed by atoms with Crippen LogP contribution in [0.2, 0.25) is 0 Å². The fourth-order valence-electron chi connectivity index (χ4n) is 1.78. The number of rotatable bonds is 5. The number of carbonyl (C=O) groups is 2. The van der Waals surface area contributed by atoms with E-state index in [4.69, 9.17) is 9.52 Å². The molecule has 0 spiro atoms. The number of carboxylic acid groups (broad SMARTS) is 1. The second kappa shape index (κ2) is 6.08. The number of hydrogen-bond donors (Lipinski definition) is 3. The van der Waals surface area contributed by atoms with Gasteiger partial charge in [-0.2, -0.15) is 4.98 Å². The summed E-state index contributed by atoms with van der Waals surface area (Å²) in [6, 6.07) is 7.23. The van der Waals surface area contributed by atoms with Gasteiger partial charge in [0.2, 0.25) is 5.91 Å². The van der Waals surface area contributed by atoms with Crippen molar-refractivity contribution in [3.63, 3.8) is 0 Å². The Labute approximate surface area is 121 Å². The molecule has 7 heteroatoms. The number of oxazole rings is 1. The molecule has 1 aromatic heterocycles. The molecule has 0 atom stereocenters. The van der Waals surface area contributed by atoms with Gasteiger partial charge in [-0.1, -0.05) is 6.07 Å². The van der Waals surface area contributed by atoms with Crippen LogP contribution in [0.4, 0.5) is 17.4 Å². The number of benzene rings is 1. The average molecular weight is 289 g/mol. The van der Waals surface area contributed by atoms with Gasteiger partial charge in [0.25, 0.3) is 6.01 Å². The summed E-state index contributed by atoms with van der Waals surface area (Å²) in [5, 5.41) is 14.4. The minimum absolute atomic E-state index is 0.164. The van der Waals surface area contributed by atoms with Gasteiger partial charge in [0, 0.05) is 18.3 Å². The number of aromatic nitrogens is 1. The minimum atomic E-state index is -0.978. The molecular formula is C14H15N3O4. The molecule has 2 aromatic rings. The Morgan fingerprint density at radius 1 is 1.33 bits per heavy atom. The summed E-state index contributed by atoms with van der Waals surface area (Å²) in [4.78, 5) is 25.8. The van der Waals surface area contributed by atoms with Crippen molar-refractivity contribution >= 4 is 29.3 Å². The molecule has 0 saturated heterocycles. The molecular weight excluding hydrogens is 274 g/mol. The number of aryl methyl sites for hydroxylation is 1. The van der Waals surface area contributed by atoms with Gasteiger partial charge in [0.05, 0.1) is 5.69 Å². The minimum Gasteiger partial charge on any atom is -0.481 e. The Hall–Kier alpha value is -2.83. The smallest absolute Gasteiger partial charge is 0.311 e. The monoisotopic (exact) mass is 289 g/mol. The molecule has 7 nitrogen and oxygen atoms in total. The summed E-state index contributed by atoms with van der Waals surface area (Å²) in [5.41, 5.74) is 1.84. The van der Waals surface area contributed by atoms with Gasteiger partial charge in [-0.25, -0.2) is 0 Å². The lowest BCUT2D eigenvalue weighted by Crippen LogP contribution is -2.05. The predicted octanol–water partition coefficient (Wildman–Crippen LogP) is 2.31. The number of nitrogens with zero attached hydrogens (tertiary/aromatic N) is 1. The highest BCUT2D eigenvalue weighted by molar-refractivity contribution is 5.89. The average Bonchev–Trinajstić information content (AvgIpc) is 2.68. The largest absolute Gasteiger partial charge is 0.481 e. The third kappa shape index (κ3) is 4.07. The normalized spacial score (nSPS) is 10.2. The van der Waals surface area contributed by atoms with Gasteiger partial charge < -0.3 is 20.2 Å². The zero-order chi connectivity index (χ0) is 15.4. The molecule has 2 rings (SSSR count). The topological polar surface area (TPSA) is 104 Å². The molecule has 0 aliphatic rings. The summed E-state index contributed by atoms with van der Waals surface area (Å²) < 4.78 is 5.36. The molecule has 1 heterocycles. The third-order valence-corrected chi connectivity index (χ3v) is 2.64. The first kappa shape index (κ1) is 14.6. The molecule has 21 heavy (non-hydrogen) atoms. The van der Waals surface area contributed by atoms with Gasteiger partial charge in [0.15, 0.2) is 0 Å². The molecule has 0 radical (unpaired) electrons. The van der Waals surface area contributed by atoms with Gasteiger partial charge in [0.1, 0.15) is 12.2 Å². The van der Waals surface area contributed by atoms with E-state index in [0.717, 1.165) is 0 Å². The van der Waals surface area contributed by atoms with Crippen molar-refractivity contribution in [2.24, 2.45) is 0 Å². The Balaban J connectivity index is 2.14. The number of aliphatic carboxylic acids is 1. The summed E-state index contributed by atoms with van der Waals surface area (Å²) in [6.07, 6.45) is -0.216. The van der Waals surface area contributed by atoms with Crippen LogP contribution in [-0.4, -0.2) is 22.0 Å². The highest BCUT2D eigenvalue weighted by atomic mass is 16.4. The van der Waals surface area contributed by atoms with E-state index in [9.17, 15) is 9.59 Å². The Kier molecular flexibility index (Phi) is 4.22. The highest BCUT2D eigenvalue weighted by Gasteiger charge is 2.13. The summed E-state index contributed by atoms with van der Waals surface area (Å²) in [5.74, 6) is -0.834. The number of carboxylic acids is 1. The lowest BCUT2D eigenvalue weighted by Gasteiger charge is -2.05. The maximum Gasteiger partial charge on any atom is 0.311 e. The van der Waals surface area contributed by atoms with E-state index in [1.165, 1.54) is 6.92 Å². The first-order valence-electron chi connectivity index (χ1n) is 6.27. The zero-order valence-corrected chi connectivity index (χ0v) is 11.6. The number of carbonyl (C=O) groups excluding carboxylic acids is 1. The van der Waals surface area contributed by atoms with Crippen molar-refractivity contribution < 1.29 is 19.1 Å². The van der Waals surface area contributed by atoms with Crippen molar-refractivity contribution in [2.45, 2.75) is 20.3 Å². The highest BCUT2D eigenvalue weighted by Crippen LogP contribution is 2.22. The van der Waals surface area contributed by atoms with E-state index in [0.29, 0.717) is 22.8 Å². The summed E-state index contributed by atoms with van der Waals surface area (Å²) in [6.45, 7) is 3.11. The van der Waals surface area contributed by atoms with E-state index in [1.807, 2.05) is 0 Å². The van der Waals surface area contributed by atoms with Crippen molar-refractivity contribution in [3.05, 3.63) is 35.7 Å². The van der Waals surface area contributed by atoms with Crippen LogP contribution in [0, 0.1) is 6.92 Å². The van der Waals surface area contributed by atoms with E-state index in [-0.39, 0.29) is 18.3 Å². The van der Waals surface area contributed by atoms with Crippen molar-refractivity contribution in [3.8, 4) is 0 Å². The molecule has 0 unspecified atom stereocenters. The lowest BCUT2D eigenvalue weighted by molar-refractivity contribution is -0.136. The first-order chi connectivity index (χ1) is 9.94. The van der Waals surface area contributed by atoms with Gasteiger partial charge in [-0.15, -0.1) is 0 Å². The fourth-order valence-corrected chi connectivity index (χ4v) is 1.78. The molecule has 0 saturated carbocycles. The standard InChI is InChI=1S/C14H15N3O4/c1-8-12(7-13(19)20)21-14(15-8)17-11-5-3-4-10(6-11)16-9(2)18/h3-6H,7H2,1-2H3,(H,15,17)(H,16,18)(H,19,20). The number of anilines is 3. The van der Waals surface area contributed by atoms with E-state index in [1.54, 1.807) is 31.2 Å². The van der Waals surface area contributed by atoms with Crippen LogP contribution >= 0.6 is 0 Å². The maximum absolute atomic E-state index is 11.0. The Morgan fingerprint density at radius 3 is 2.71 bits per heavy atom. The fraction of sp³-hybridized carbons (Fsp3) is 0.214. The molecule has 3 N–H and O–H groups in total. The molecule has 1 amide bonds. The Morgan fingerprint density at radius 2 is 2.05 bits per heavy atom. The van der Waals surface area contributed by atoms with Crippen LogP contribution < -0.4 is 10.6 Å². The lowest BCUT2D eigenvalue weighted by atomic mass is 10.3. The molecule has 110 valence electrons. The van der Waals surface area contributed by atoms with Gasteiger partial charge >= 0.3 is 5.97 Å². The molecule has 1 aromatic carbocycles. The SMILES string of the molecule is CC(=O)Nc1cccc(Nc2nc(C)c(CC(=O)O)o2)c1. The number of amides is 1. The number of nitrogens with one attached hydrogen (secondary N) is 2. The van der Waals surface area contributed by atoms with E-state index in [2.05, 4.69) is 15.6 Å².